The molecule has 0 N–H and O–H groups in total. The van der Waals surface area contributed by atoms with E-state index in [2.05, 4.69) is 65.1 Å². The first-order valence-corrected chi connectivity index (χ1v) is 10.9. The lowest BCUT2D eigenvalue weighted by Crippen LogP contribution is -2.33. The minimum atomic E-state index is -0.0615. The topological polar surface area (TPSA) is 53.7 Å². The van der Waals surface area contributed by atoms with Crippen LogP contribution in [0, 0.1) is 5.92 Å². The normalized spacial score (nSPS) is 15.7. The van der Waals surface area contributed by atoms with Crippen LogP contribution < -0.4 is 0 Å². The molecular weight excluding hydrogens is 374 g/mol. The highest BCUT2D eigenvalue weighted by Gasteiger charge is 2.25. The molecule has 1 aliphatic rings. The van der Waals surface area contributed by atoms with Gasteiger partial charge in [0.15, 0.2) is 11.3 Å². The first-order chi connectivity index (χ1) is 14.5. The summed E-state index contributed by atoms with van der Waals surface area (Å²) in [5, 5.41) is 0. The number of hydrogen-bond donors (Lipinski definition) is 0. The molecule has 1 amide bonds. The highest BCUT2D eigenvalue weighted by Crippen LogP contribution is 2.29. The number of fused-ring (bicyclic) bond motifs is 1. The van der Waals surface area contributed by atoms with Gasteiger partial charge in [-0.3, -0.25) is 14.1 Å². The summed E-state index contributed by atoms with van der Waals surface area (Å²) in [7, 11) is 1.83. The predicted molar refractivity (Wildman–Crippen MR) is 118 cm³/mol. The summed E-state index contributed by atoms with van der Waals surface area (Å²) in [6.07, 6.45) is 5.79. The van der Waals surface area contributed by atoms with E-state index in [1.165, 1.54) is 11.3 Å². The fraction of sp³-hybridized carbons (Fsp3) is 0.458. The summed E-state index contributed by atoms with van der Waals surface area (Å²) in [5.41, 5.74) is 3.68. The summed E-state index contributed by atoms with van der Waals surface area (Å²) >= 11 is 0. The van der Waals surface area contributed by atoms with Crippen LogP contribution in [0.4, 0.5) is 0 Å². The van der Waals surface area contributed by atoms with E-state index in [1.807, 2.05) is 17.6 Å². The third-order valence-electron chi connectivity index (χ3n) is 5.91. The van der Waals surface area contributed by atoms with Crippen molar-refractivity contribution in [3.63, 3.8) is 0 Å². The van der Waals surface area contributed by atoms with E-state index < -0.39 is 0 Å². The maximum absolute atomic E-state index is 12.9. The van der Waals surface area contributed by atoms with Crippen LogP contribution in [-0.2, 0) is 6.54 Å². The number of imidazole rings is 1. The summed E-state index contributed by atoms with van der Waals surface area (Å²) in [6, 6.07) is 12.7. The molecule has 2 aromatic heterocycles. The molecule has 158 valence electrons. The van der Waals surface area contributed by atoms with E-state index in [0.717, 1.165) is 32.5 Å². The predicted octanol–water partition coefficient (Wildman–Crippen LogP) is 3.84. The quantitative estimate of drug-likeness (QED) is 0.625. The van der Waals surface area contributed by atoms with Crippen LogP contribution in [0.5, 0.6) is 0 Å². The minimum Gasteiger partial charge on any atom is -0.340 e. The molecule has 3 heterocycles. The van der Waals surface area contributed by atoms with Crippen LogP contribution in [0.1, 0.15) is 54.4 Å². The highest BCUT2D eigenvalue weighted by molar-refractivity contribution is 5.97. The largest absolute Gasteiger partial charge is 0.340 e. The summed E-state index contributed by atoms with van der Waals surface area (Å²) in [5.74, 6) is 0.805. The Morgan fingerprint density at radius 2 is 1.87 bits per heavy atom. The number of piperidine rings is 1. The van der Waals surface area contributed by atoms with Gasteiger partial charge < -0.3 is 4.90 Å². The van der Waals surface area contributed by atoms with Crippen molar-refractivity contribution in [2.24, 2.45) is 5.92 Å². The zero-order valence-corrected chi connectivity index (χ0v) is 18.2. The number of carbonyl (C=O) groups is 1. The van der Waals surface area contributed by atoms with Crippen LogP contribution in [0.15, 0.2) is 48.9 Å². The molecule has 0 radical (unpaired) electrons. The number of likely N-dealkylation sites (tertiary alicyclic amines) is 1. The lowest BCUT2D eigenvalue weighted by molar-refractivity contribution is 0.0775. The lowest BCUT2D eigenvalue weighted by Gasteiger charge is -2.32. The fourth-order valence-electron chi connectivity index (χ4n) is 4.44. The van der Waals surface area contributed by atoms with Crippen LogP contribution in [0.25, 0.3) is 5.65 Å². The van der Waals surface area contributed by atoms with Crippen molar-refractivity contribution in [2.75, 3.05) is 26.7 Å². The van der Waals surface area contributed by atoms with Crippen LogP contribution in [0.3, 0.4) is 0 Å². The van der Waals surface area contributed by atoms with E-state index >= 15 is 0 Å². The number of nitrogens with zero attached hydrogens (tertiary/aromatic N) is 5. The summed E-state index contributed by atoms with van der Waals surface area (Å²) < 4.78 is 2.02. The molecule has 1 fully saturated rings. The molecule has 3 aromatic rings. The second-order valence-electron chi connectivity index (χ2n) is 8.77. The second kappa shape index (κ2) is 8.96. The Bertz CT molecular complexity index is 989. The Morgan fingerprint density at radius 3 is 2.57 bits per heavy atom. The first-order valence-electron chi connectivity index (χ1n) is 10.9. The number of benzene rings is 1. The summed E-state index contributed by atoms with van der Waals surface area (Å²) in [6.45, 7) is 8.07. The van der Waals surface area contributed by atoms with Crippen molar-refractivity contribution in [2.45, 2.75) is 39.2 Å². The number of carbonyl (C=O) groups excluding carboxylic acids is 1. The number of hydrogen-bond acceptors (Lipinski definition) is 4. The van der Waals surface area contributed by atoms with E-state index in [0.29, 0.717) is 29.7 Å². The molecular formula is C24H31N5O. The van der Waals surface area contributed by atoms with Crippen molar-refractivity contribution in [3.8, 4) is 0 Å². The van der Waals surface area contributed by atoms with Gasteiger partial charge in [-0.25, -0.2) is 9.97 Å². The van der Waals surface area contributed by atoms with Crippen LogP contribution in [-0.4, -0.2) is 56.8 Å². The Hall–Kier alpha value is -2.73. The van der Waals surface area contributed by atoms with E-state index in [1.54, 1.807) is 11.2 Å². The maximum Gasteiger partial charge on any atom is 0.276 e. The minimum absolute atomic E-state index is 0.0615. The Labute approximate surface area is 178 Å². The molecule has 0 unspecified atom stereocenters. The molecule has 30 heavy (non-hydrogen) atoms. The van der Waals surface area contributed by atoms with Crippen molar-refractivity contribution < 1.29 is 4.79 Å². The molecule has 1 saturated heterocycles. The van der Waals surface area contributed by atoms with E-state index in [4.69, 9.17) is 0 Å². The van der Waals surface area contributed by atoms with Gasteiger partial charge in [0.2, 0.25) is 0 Å². The molecule has 4 rings (SSSR count). The molecule has 0 aliphatic carbocycles. The molecule has 1 aliphatic heterocycles. The number of aromatic nitrogens is 3. The van der Waals surface area contributed by atoms with Gasteiger partial charge in [0.25, 0.3) is 5.91 Å². The maximum atomic E-state index is 12.9. The first kappa shape index (κ1) is 20.5. The van der Waals surface area contributed by atoms with Crippen molar-refractivity contribution in [1.82, 2.24) is 24.2 Å². The molecule has 0 atom stereocenters. The van der Waals surface area contributed by atoms with Crippen LogP contribution in [0.2, 0.25) is 0 Å². The van der Waals surface area contributed by atoms with E-state index in [-0.39, 0.29) is 5.91 Å². The smallest absolute Gasteiger partial charge is 0.276 e. The second-order valence-corrected chi connectivity index (χ2v) is 8.77. The summed E-state index contributed by atoms with van der Waals surface area (Å²) in [4.78, 5) is 26.1. The van der Waals surface area contributed by atoms with Gasteiger partial charge in [-0.1, -0.05) is 44.2 Å². The van der Waals surface area contributed by atoms with Gasteiger partial charge in [0.05, 0.1) is 0 Å². The molecule has 0 spiro atoms. The van der Waals surface area contributed by atoms with Crippen molar-refractivity contribution in [1.29, 1.82) is 0 Å². The van der Waals surface area contributed by atoms with E-state index in [9.17, 15) is 4.79 Å². The van der Waals surface area contributed by atoms with Gasteiger partial charge in [0.1, 0.15) is 6.33 Å². The number of rotatable bonds is 6. The number of amides is 1. The van der Waals surface area contributed by atoms with Crippen molar-refractivity contribution >= 4 is 11.6 Å². The molecule has 0 saturated carbocycles. The third-order valence-corrected chi connectivity index (χ3v) is 5.91. The molecule has 6 nitrogen and oxygen atoms in total. The Morgan fingerprint density at radius 1 is 1.13 bits per heavy atom. The van der Waals surface area contributed by atoms with Gasteiger partial charge in [-0.15, -0.1) is 0 Å². The monoisotopic (exact) mass is 405 g/mol. The SMILES string of the molecule is CC(C)CN(C)C(=O)c1ncn2c(C3CCN(Cc4ccccc4)CC3)ccnc12. The lowest BCUT2D eigenvalue weighted by atomic mass is 9.93. The fourth-order valence-corrected chi connectivity index (χ4v) is 4.44. The van der Waals surface area contributed by atoms with Gasteiger partial charge in [0, 0.05) is 37.9 Å². The molecule has 1 aromatic carbocycles. The molecule has 6 heteroatoms. The molecule has 0 bridgehead atoms. The van der Waals surface area contributed by atoms with Crippen molar-refractivity contribution in [3.05, 3.63) is 65.9 Å². The zero-order chi connectivity index (χ0) is 21.1. The Kier molecular flexibility index (Phi) is 6.13. The average molecular weight is 406 g/mol. The average Bonchev–Trinajstić information content (AvgIpc) is 3.18. The highest BCUT2D eigenvalue weighted by atomic mass is 16.2. The van der Waals surface area contributed by atoms with Gasteiger partial charge in [-0.2, -0.15) is 0 Å². The third kappa shape index (κ3) is 4.38. The van der Waals surface area contributed by atoms with Gasteiger partial charge >= 0.3 is 0 Å². The van der Waals surface area contributed by atoms with Gasteiger partial charge in [-0.05, 0) is 43.5 Å². The standard InChI is InChI=1S/C24H31N5O/c1-18(2)15-27(3)24(30)22-23-25-12-9-21(29(23)17-26-22)20-10-13-28(14-11-20)16-19-7-5-4-6-8-19/h4-9,12,17-18,20H,10-11,13-16H2,1-3H3. The Balaban J connectivity index is 1.48. The van der Waals surface area contributed by atoms with Crippen LogP contribution >= 0.6 is 0 Å². The zero-order valence-electron chi connectivity index (χ0n) is 18.2.